The van der Waals surface area contributed by atoms with Crippen LogP contribution in [0.25, 0.3) is 0 Å². The van der Waals surface area contributed by atoms with E-state index in [9.17, 15) is 15.3 Å². The Morgan fingerprint density at radius 3 is 2.50 bits per heavy atom. The molecule has 1 aromatic heterocycles. The standard InChI is InChI=1S/C8H10O6/c9-5-4-14-8(12,7(5,10)11)6-2-1-3-13-6/h1-3,5,9-12H,4H2. The first-order valence-corrected chi connectivity index (χ1v) is 4.01. The molecule has 1 aliphatic rings. The second-order valence-corrected chi connectivity index (χ2v) is 3.17. The molecule has 0 aromatic carbocycles. The number of furan rings is 1. The zero-order valence-corrected chi connectivity index (χ0v) is 7.12. The highest BCUT2D eigenvalue weighted by atomic mass is 16.7. The minimum absolute atomic E-state index is 0.168. The fraction of sp³-hybridized carbons (Fsp3) is 0.500. The van der Waals surface area contributed by atoms with Crippen LogP contribution in [0.2, 0.25) is 0 Å². The summed E-state index contributed by atoms with van der Waals surface area (Å²) in [5, 5.41) is 37.8. The van der Waals surface area contributed by atoms with E-state index in [-0.39, 0.29) is 12.4 Å². The highest BCUT2D eigenvalue weighted by Gasteiger charge is 2.63. The molecule has 1 fully saturated rings. The summed E-state index contributed by atoms with van der Waals surface area (Å²) in [6.07, 6.45) is -0.338. The van der Waals surface area contributed by atoms with Crippen LogP contribution < -0.4 is 0 Å². The van der Waals surface area contributed by atoms with Crippen LogP contribution in [0.15, 0.2) is 22.8 Å². The van der Waals surface area contributed by atoms with E-state index in [2.05, 4.69) is 0 Å². The SMILES string of the molecule is OC1COC(O)(c2ccco2)C1(O)O. The second-order valence-electron chi connectivity index (χ2n) is 3.17. The molecule has 1 aromatic rings. The number of ether oxygens (including phenoxy) is 1. The summed E-state index contributed by atoms with van der Waals surface area (Å²) in [4.78, 5) is 0. The third-order valence-electron chi connectivity index (χ3n) is 2.27. The third-order valence-corrected chi connectivity index (χ3v) is 2.27. The van der Waals surface area contributed by atoms with Gasteiger partial charge in [0.1, 0.15) is 6.10 Å². The summed E-state index contributed by atoms with van der Waals surface area (Å²) >= 11 is 0. The van der Waals surface area contributed by atoms with Gasteiger partial charge in [-0.25, -0.2) is 0 Å². The van der Waals surface area contributed by atoms with E-state index >= 15 is 0 Å². The van der Waals surface area contributed by atoms with E-state index < -0.39 is 17.7 Å². The van der Waals surface area contributed by atoms with Gasteiger partial charge in [-0.15, -0.1) is 0 Å². The summed E-state index contributed by atoms with van der Waals surface area (Å²) in [5.74, 6) is -5.36. The Bertz CT molecular complexity index is 319. The molecule has 0 saturated carbocycles. The predicted octanol–water partition coefficient (Wildman–Crippen LogP) is -1.50. The van der Waals surface area contributed by atoms with Crippen molar-refractivity contribution in [1.82, 2.24) is 0 Å². The average molecular weight is 202 g/mol. The molecule has 1 aliphatic heterocycles. The first kappa shape index (κ1) is 9.63. The van der Waals surface area contributed by atoms with E-state index in [1.54, 1.807) is 0 Å². The van der Waals surface area contributed by atoms with Gasteiger partial charge in [-0.05, 0) is 12.1 Å². The van der Waals surface area contributed by atoms with Gasteiger partial charge >= 0.3 is 0 Å². The largest absolute Gasteiger partial charge is 0.463 e. The first-order chi connectivity index (χ1) is 6.48. The zero-order chi connectivity index (χ0) is 10.4. The minimum atomic E-state index is -2.77. The van der Waals surface area contributed by atoms with Crippen molar-refractivity contribution in [3.63, 3.8) is 0 Å². The van der Waals surface area contributed by atoms with Gasteiger partial charge in [0.05, 0.1) is 12.9 Å². The molecule has 14 heavy (non-hydrogen) atoms. The quantitative estimate of drug-likeness (QED) is 0.413. The summed E-state index contributed by atoms with van der Waals surface area (Å²) in [7, 11) is 0. The summed E-state index contributed by atoms with van der Waals surface area (Å²) in [5.41, 5.74) is 0. The molecule has 2 unspecified atom stereocenters. The maximum atomic E-state index is 9.77. The van der Waals surface area contributed by atoms with Gasteiger partial charge < -0.3 is 29.6 Å². The number of hydrogen-bond donors (Lipinski definition) is 4. The summed E-state index contributed by atoms with van der Waals surface area (Å²) < 4.78 is 9.52. The Hall–Kier alpha value is -0.920. The lowest BCUT2D eigenvalue weighted by Gasteiger charge is -2.30. The Morgan fingerprint density at radius 2 is 2.07 bits per heavy atom. The Balaban J connectivity index is 2.42. The lowest BCUT2D eigenvalue weighted by molar-refractivity contribution is -0.357. The molecule has 4 N–H and O–H groups in total. The fourth-order valence-corrected chi connectivity index (χ4v) is 1.37. The molecule has 0 bridgehead atoms. The summed E-state index contributed by atoms with van der Waals surface area (Å²) in [6, 6.07) is 2.77. The van der Waals surface area contributed by atoms with Crippen LogP contribution in [0.1, 0.15) is 5.76 Å². The van der Waals surface area contributed by atoms with Gasteiger partial charge in [0, 0.05) is 0 Å². The second kappa shape index (κ2) is 2.78. The van der Waals surface area contributed by atoms with Crippen LogP contribution >= 0.6 is 0 Å². The molecule has 0 radical (unpaired) electrons. The molecule has 6 nitrogen and oxygen atoms in total. The Labute approximate surface area is 79.0 Å². The fourth-order valence-electron chi connectivity index (χ4n) is 1.37. The number of aliphatic hydroxyl groups is 4. The topological polar surface area (TPSA) is 103 Å². The third kappa shape index (κ3) is 1.03. The molecule has 2 heterocycles. The van der Waals surface area contributed by atoms with Crippen molar-refractivity contribution in [2.75, 3.05) is 6.61 Å². The summed E-state index contributed by atoms with van der Waals surface area (Å²) in [6.45, 7) is -0.385. The molecule has 1 saturated heterocycles. The molecule has 78 valence electrons. The van der Waals surface area contributed by atoms with Gasteiger partial charge in [0.15, 0.2) is 5.76 Å². The van der Waals surface area contributed by atoms with Crippen LogP contribution in [0.4, 0.5) is 0 Å². The van der Waals surface area contributed by atoms with Crippen LogP contribution in [0, 0.1) is 0 Å². The molecule has 6 heteroatoms. The van der Waals surface area contributed by atoms with E-state index in [4.69, 9.17) is 14.3 Å². The highest BCUT2D eigenvalue weighted by Crippen LogP contribution is 2.40. The van der Waals surface area contributed by atoms with Gasteiger partial charge in [-0.1, -0.05) is 0 Å². The van der Waals surface area contributed by atoms with E-state index in [1.807, 2.05) is 0 Å². The molecule has 0 spiro atoms. The highest BCUT2D eigenvalue weighted by molar-refractivity contribution is 5.13. The predicted molar refractivity (Wildman–Crippen MR) is 41.7 cm³/mol. The molecular weight excluding hydrogens is 192 g/mol. The smallest absolute Gasteiger partial charge is 0.284 e. The van der Waals surface area contributed by atoms with Crippen LogP contribution in [0.3, 0.4) is 0 Å². The van der Waals surface area contributed by atoms with E-state index in [0.717, 1.165) is 0 Å². The van der Waals surface area contributed by atoms with E-state index in [0.29, 0.717) is 0 Å². The lowest BCUT2D eigenvalue weighted by Crippen LogP contribution is -2.54. The molecule has 2 rings (SSSR count). The van der Waals surface area contributed by atoms with Crippen LogP contribution in [-0.2, 0) is 10.5 Å². The number of hydrogen-bond acceptors (Lipinski definition) is 6. The van der Waals surface area contributed by atoms with Crippen molar-refractivity contribution in [2.45, 2.75) is 17.7 Å². The molecule has 0 aliphatic carbocycles. The van der Waals surface area contributed by atoms with Crippen molar-refractivity contribution >= 4 is 0 Å². The van der Waals surface area contributed by atoms with Crippen molar-refractivity contribution in [1.29, 1.82) is 0 Å². The van der Waals surface area contributed by atoms with Crippen LogP contribution in [-0.4, -0.2) is 38.9 Å². The maximum Gasteiger partial charge on any atom is 0.284 e. The maximum absolute atomic E-state index is 9.77. The van der Waals surface area contributed by atoms with E-state index in [1.165, 1.54) is 18.4 Å². The Kier molecular flexibility index (Phi) is 1.91. The lowest BCUT2D eigenvalue weighted by atomic mass is 10.0. The van der Waals surface area contributed by atoms with Crippen molar-refractivity contribution in [2.24, 2.45) is 0 Å². The number of aliphatic hydroxyl groups excluding tert-OH is 1. The monoisotopic (exact) mass is 202 g/mol. The molecular formula is C8H10O6. The van der Waals surface area contributed by atoms with Gasteiger partial charge in [-0.3, -0.25) is 0 Å². The van der Waals surface area contributed by atoms with Gasteiger partial charge in [-0.2, -0.15) is 0 Å². The minimum Gasteiger partial charge on any atom is -0.463 e. The Morgan fingerprint density at radius 1 is 1.36 bits per heavy atom. The van der Waals surface area contributed by atoms with Crippen LogP contribution in [0.5, 0.6) is 0 Å². The molecule has 0 amide bonds. The average Bonchev–Trinajstić information content (AvgIpc) is 2.70. The molecule has 2 atom stereocenters. The normalized spacial score (nSPS) is 36.1. The van der Waals surface area contributed by atoms with Crippen molar-refractivity contribution < 1.29 is 29.6 Å². The van der Waals surface area contributed by atoms with Crippen molar-refractivity contribution in [3.05, 3.63) is 24.2 Å². The van der Waals surface area contributed by atoms with Gasteiger partial charge in [0.25, 0.3) is 11.6 Å². The first-order valence-electron chi connectivity index (χ1n) is 4.01. The zero-order valence-electron chi connectivity index (χ0n) is 7.12. The van der Waals surface area contributed by atoms with Gasteiger partial charge in [0.2, 0.25) is 0 Å². The van der Waals surface area contributed by atoms with Crippen molar-refractivity contribution in [3.8, 4) is 0 Å². The number of rotatable bonds is 1.